The molecule has 1 aromatic rings. The summed E-state index contributed by atoms with van der Waals surface area (Å²) in [4.78, 5) is 23.2. The second-order valence-electron chi connectivity index (χ2n) is 2.94. The third kappa shape index (κ3) is 1.64. The summed E-state index contributed by atoms with van der Waals surface area (Å²) in [5, 5.41) is 0.211. The minimum absolute atomic E-state index is 0.0839. The fourth-order valence-corrected chi connectivity index (χ4v) is 1.46. The van der Waals surface area contributed by atoms with Crippen LogP contribution in [-0.2, 0) is 9.59 Å². The van der Waals surface area contributed by atoms with Gasteiger partial charge in [-0.05, 0) is 18.2 Å². The lowest BCUT2D eigenvalue weighted by atomic mass is 10.3. The Labute approximate surface area is 89.7 Å². The summed E-state index contributed by atoms with van der Waals surface area (Å²) in [5.74, 6) is -1.81. The van der Waals surface area contributed by atoms with Crippen molar-refractivity contribution in [2.24, 2.45) is 0 Å². The molecule has 0 spiro atoms. The Balaban J connectivity index is 2.46. The van der Waals surface area contributed by atoms with Gasteiger partial charge < -0.3 is 0 Å². The minimum atomic E-state index is -0.701. The number of benzene rings is 1. The molecule has 76 valence electrons. The van der Waals surface area contributed by atoms with Crippen LogP contribution in [-0.4, -0.2) is 11.8 Å². The highest BCUT2D eigenvalue weighted by Crippen LogP contribution is 2.25. The summed E-state index contributed by atoms with van der Waals surface area (Å²) in [6, 6.07) is 3.76. The van der Waals surface area contributed by atoms with E-state index in [0.717, 1.165) is 23.1 Å². The molecule has 0 atom stereocenters. The molecule has 1 heterocycles. The molecular formula is C10H5ClFNO2. The van der Waals surface area contributed by atoms with Crippen LogP contribution in [0.25, 0.3) is 0 Å². The quantitative estimate of drug-likeness (QED) is 0.685. The van der Waals surface area contributed by atoms with Gasteiger partial charge in [-0.15, -0.1) is 0 Å². The number of rotatable bonds is 1. The van der Waals surface area contributed by atoms with Crippen LogP contribution in [0.5, 0.6) is 0 Å². The maximum Gasteiger partial charge on any atom is 0.258 e. The van der Waals surface area contributed by atoms with Crippen molar-refractivity contribution in [3.63, 3.8) is 0 Å². The molecule has 0 N–H and O–H groups in total. The van der Waals surface area contributed by atoms with E-state index in [1.165, 1.54) is 12.1 Å². The molecule has 0 radical (unpaired) electrons. The van der Waals surface area contributed by atoms with Crippen LogP contribution < -0.4 is 4.90 Å². The van der Waals surface area contributed by atoms with E-state index in [0.29, 0.717) is 0 Å². The second-order valence-corrected chi connectivity index (χ2v) is 3.38. The molecule has 2 rings (SSSR count). The van der Waals surface area contributed by atoms with Crippen molar-refractivity contribution in [3.8, 4) is 0 Å². The highest BCUT2D eigenvalue weighted by Gasteiger charge is 2.27. The molecule has 1 aliphatic rings. The third-order valence-corrected chi connectivity index (χ3v) is 2.19. The first-order valence-electron chi connectivity index (χ1n) is 4.11. The lowest BCUT2D eigenvalue weighted by molar-refractivity contribution is -0.120. The monoisotopic (exact) mass is 225 g/mol. The van der Waals surface area contributed by atoms with Gasteiger partial charge in [-0.3, -0.25) is 9.59 Å². The number of hydrogen-bond acceptors (Lipinski definition) is 2. The van der Waals surface area contributed by atoms with Crippen molar-refractivity contribution in [2.45, 2.75) is 0 Å². The van der Waals surface area contributed by atoms with Gasteiger partial charge in [0.25, 0.3) is 11.8 Å². The van der Waals surface area contributed by atoms with Crippen molar-refractivity contribution in [1.29, 1.82) is 0 Å². The second kappa shape index (κ2) is 3.47. The Morgan fingerprint density at radius 2 is 1.73 bits per heavy atom. The molecule has 0 saturated heterocycles. The maximum atomic E-state index is 13.4. The van der Waals surface area contributed by atoms with E-state index in [-0.39, 0.29) is 10.7 Å². The molecule has 0 saturated carbocycles. The van der Waals surface area contributed by atoms with E-state index in [4.69, 9.17) is 11.6 Å². The molecular weight excluding hydrogens is 221 g/mol. The normalized spacial score (nSPS) is 15.2. The molecule has 0 fully saturated rings. The largest absolute Gasteiger partial charge is 0.269 e. The summed E-state index contributed by atoms with van der Waals surface area (Å²) in [6.45, 7) is 0. The molecule has 0 unspecified atom stereocenters. The summed E-state index contributed by atoms with van der Waals surface area (Å²) in [5.41, 5.74) is -0.0839. The van der Waals surface area contributed by atoms with Crippen LogP contribution in [0.15, 0.2) is 30.4 Å². The molecule has 5 heteroatoms. The van der Waals surface area contributed by atoms with E-state index in [1.807, 2.05) is 0 Å². The molecule has 15 heavy (non-hydrogen) atoms. The fraction of sp³-hybridized carbons (Fsp3) is 0. The first-order valence-corrected chi connectivity index (χ1v) is 4.48. The fourth-order valence-electron chi connectivity index (χ4n) is 1.30. The van der Waals surface area contributed by atoms with E-state index in [1.54, 1.807) is 0 Å². The zero-order chi connectivity index (χ0) is 11.0. The van der Waals surface area contributed by atoms with Crippen molar-refractivity contribution >= 4 is 29.1 Å². The van der Waals surface area contributed by atoms with E-state index < -0.39 is 17.6 Å². The Morgan fingerprint density at radius 3 is 2.27 bits per heavy atom. The van der Waals surface area contributed by atoms with Crippen LogP contribution >= 0.6 is 11.6 Å². The number of carbonyl (C=O) groups excluding carboxylic acids is 2. The number of nitrogens with zero attached hydrogens (tertiary/aromatic N) is 1. The van der Waals surface area contributed by atoms with Crippen molar-refractivity contribution in [2.75, 3.05) is 4.90 Å². The topological polar surface area (TPSA) is 37.4 Å². The number of halogens is 2. The lowest BCUT2D eigenvalue weighted by Gasteiger charge is -2.14. The number of hydrogen-bond donors (Lipinski definition) is 0. The SMILES string of the molecule is O=C1C=CC(=O)N1c1ccc(Cl)cc1F. The van der Waals surface area contributed by atoms with Gasteiger partial charge in [-0.1, -0.05) is 11.6 Å². The number of amides is 2. The Bertz CT molecular complexity index is 466. The average molecular weight is 226 g/mol. The predicted molar refractivity (Wildman–Crippen MR) is 53.0 cm³/mol. The van der Waals surface area contributed by atoms with Gasteiger partial charge in [0, 0.05) is 17.2 Å². The minimum Gasteiger partial charge on any atom is -0.269 e. The molecule has 2 amide bonds. The molecule has 0 aliphatic carbocycles. The van der Waals surface area contributed by atoms with Gasteiger partial charge in [0.1, 0.15) is 5.82 Å². The summed E-state index contributed by atoms with van der Waals surface area (Å²) in [6.07, 6.45) is 2.19. The van der Waals surface area contributed by atoms with Crippen molar-refractivity contribution < 1.29 is 14.0 Å². The molecule has 3 nitrogen and oxygen atoms in total. The Morgan fingerprint density at radius 1 is 1.13 bits per heavy atom. The van der Waals surface area contributed by atoms with Crippen LogP contribution in [0, 0.1) is 5.82 Å². The zero-order valence-electron chi connectivity index (χ0n) is 7.41. The summed E-state index contributed by atoms with van der Waals surface area (Å²) in [7, 11) is 0. The summed E-state index contributed by atoms with van der Waals surface area (Å²) >= 11 is 5.55. The van der Waals surface area contributed by atoms with Crippen LogP contribution in [0.4, 0.5) is 10.1 Å². The highest BCUT2D eigenvalue weighted by atomic mass is 35.5. The first-order chi connectivity index (χ1) is 7.09. The van der Waals surface area contributed by atoms with E-state index in [9.17, 15) is 14.0 Å². The first kappa shape index (κ1) is 9.86. The molecule has 1 aliphatic heterocycles. The average Bonchev–Trinajstić information content (AvgIpc) is 2.48. The van der Waals surface area contributed by atoms with Crippen LogP contribution in [0.2, 0.25) is 5.02 Å². The molecule has 0 aromatic heterocycles. The Kier molecular flexibility index (Phi) is 2.28. The van der Waals surface area contributed by atoms with Gasteiger partial charge in [-0.25, -0.2) is 9.29 Å². The lowest BCUT2D eigenvalue weighted by Crippen LogP contribution is -2.30. The third-order valence-electron chi connectivity index (χ3n) is 1.96. The highest BCUT2D eigenvalue weighted by molar-refractivity contribution is 6.31. The zero-order valence-corrected chi connectivity index (χ0v) is 8.16. The predicted octanol–water partition coefficient (Wildman–Crippen LogP) is 1.91. The number of carbonyl (C=O) groups is 2. The van der Waals surface area contributed by atoms with Crippen molar-refractivity contribution in [3.05, 3.63) is 41.2 Å². The molecule has 1 aromatic carbocycles. The van der Waals surface area contributed by atoms with Crippen molar-refractivity contribution in [1.82, 2.24) is 0 Å². The van der Waals surface area contributed by atoms with Gasteiger partial charge in [0.15, 0.2) is 0 Å². The van der Waals surface area contributed by atoms with E-state index in [2.05, 4.69) is 0 Å². The summed E-state index contributed by atoms with van der Waals surface area (Å²) < 4.78 is 13.4. The Hall–Kier alpha value is -1.68. The van der Waals surface area contributed by atoms with Crippen LogP contribution in [0.1, 0.15) is 0 Å². The van der Waals surface area contributed by atoms with Crippen LogP contribution in [0.3, 0.4) is 0 Å². The van der Waals surface area contributed by atoms with Gasteiger partial charge in [0.2, 0.25) is 0 Å². The van der Waals surface area contributed by atoms with E-state index >= 15 is 0 Å². The number of imide groups is 1. The standard InChI is InChI=1S/C10H5ClFNO2/c11-6-1-2-8(7(12)5-6)13-9(14)3-4-10(13)15/h1-5H. The van der Waals surface area contributed by atoms with Gasteiger partial charge in [0.05, 0.1) is 5.69 Å². The smallest absolute Gasteiger partial charge is 0.258 e. The maximum absolute atomic E-state index is 13.4. The van der Waals surface area contributed by atoms with Gasteiger partial charge >= 0.3 is 0 Å². The molecule has 0 bridgehead atoms. The van der Waals surface area contributed by atoms with Gasteiger partial charge in [-0.2, -0.15) is 0 Å². The number of anilines is 1.